The van der Waals surface area contributed by atoms with Gasteiger partial charge >= 0.3 is 0 Å². The number of aryl methyl sites for hydroxylation is 1. The van der Waals surface area contributed by atoms with Crippen molar-refractivity contribution in [1.29, 1.82) is 0 Å². The highest BCUT2D eigenvalue weighted by Gasteiger charge is 2.36. The standard InChI is InChI=1S/C18H21N3O3S/c1-12-11-25-16(20-12)9-19-18(23)14-7-8-17(22)21(14)10-13-5-3-4-6-15(13)24-2/h3-6,11,14H,7-10H2,1-2H3,(H,19,23)/t14-/m1/s1. The summed E-state index contributed by atoms with van der Waals surface area (Å²) in [6.07, 6.45) is 0.931. The number of methoxy groups -OCH3 is 1. The molecule has 6 nitrogen and oxygen atoms in total. The van der Waals surface area contributed by atoms with Crippen LogP contribution in [-0.4, -0.2) is 34.8 Å². The third kappa shape index (κ3) is 3.99. The summed E-state index contributed by atoms with van der Waals surface area (Å²) in [4.78, 5) is 30.8. The molecular formula is C18H21N3O3S. The number of ether oxygens (including phenoxy) is 1. The zero-order valence-electron chi connectivity index (χ0n) is 14.3. The zero-order chi connectivity index (χ0) is 17.8. The van der Waals surface area contributed by atoms with Crippen LogP contribution in [0.25, 0.3) is 0 Å². The molecule has 0 spiro atoms. The first-order chi connectivity index (χ1) is 12.1. The fourth-order valence-corrected chi connectivity index (χ4v) is 3.70. The predicted octanol–water partition coefficient (Wildman–Crippen LogP) is 2.27. The van der Waals surface area contributed by atoms with Crippen LogP contribution in [0.1, 0.15) is 29.1 Å². The Morgan fingerprint density at radius 1 is 1.44 bits per heavy atom. The zero-order valence-corrected chi connectivity index (χ0v) is 15.1. The van der Waals surface area contributed by atoms with E-state index < -0.39 is 6.04 Å². The summed E-state index contributed by atoms with van der Waals surface area (Å²) in [7, 11) is 1.60. The van der Waals surface area contributed by atoms with Gasteiger partial charge in [0.25, 0.3) is 0 Å². The number of para-hydroxylation sites is 1. The maximum absolute atomic E-state index is 12.6. The average molecular weight is 359 g/mol. The van der Waals surface area contributed by atoms with Crippen LogP contribution in [0.15, 0.2) is 29.6 Å². The van der Waals surface area contributed by atoms with Gasteiger partial charge in [0.1, 0.15) is 16.8 Å². The highest BCUT2D eigenvalue weighted by molar-refractivity contribution is 7.09. The fraction of sp³-hybridized carbons (Fsp3) is 0.389. The van der Waals surface area contributed by atoms with Crippen LogP contribution in [0.3, 0.4) is 0 Å². The van der Waals surface area contributed by atoms with Gasteiger partial charge in [-0.05, 0) is 19.4 Å². The van der Waals surface area contributed by atoms with Gasteiger partial charge in [-0.1, -0.05) is 18.2 Å². The molecule has 1 aliphatic heterocycles. The van der Waals surface area contributed by atoms with Crippen molar-refractivity contribution in [2.24, 2.45) is 0 Å². The van der Waals surface area contributed by atoms with Gasteiger partial charge in [-0.25, -0.2) is 4.98 Å². The minimum absolute atomic E-state index is 0.00357. The van der Waals surface area contributed by atoms with Gasteiger partial charge in [-0.3, -0.25) is 9.59 Å². The summed E-state index contributed by atoms with van der Waals surface area (Å²) in [6, 6.07) is 7.11. The molecular weight excluding hydrogens is 338 g/mol. The Balaban J connectivity index is 1.67. The minimum Gasteiger partial charge on any atom is -0.496 e. The van der Waals surface area contributed by atoms with E-state index >= 15 is 0 Å². The number of hydrogen-bond acceptors (Lipinski definition) is 5. The van der Waals surface area contributed by atoms with Crippen molar-refractivity contribution in [1.82, 2.24) is 15.2 Å². The van der Waals surface area contributed by atoms with Crippen molar-refractivity contribution in [3.63, 3.8) is 0 Å². The van der Waals surface area contributed by atoms with Crippen LogP contribution >= 0.6 is 11.3 Å². The molecule has 3 rings (SSSR count). The third-order valence-electron chi connectivity index (χ3n) is 4.24. The number of carbonyl (C=O) groups excluding carboxylic acids is 2. The molecule has 1 N–H and O–H groups in total. The maximum Gasteiger partial charge on any atom is 0.243 e. The molecule has 1 aromatic heterocycles. The Bertz CT molecular complexity index is 774. The van der Waals surface area contributed by atoms with Gasteiger partial charge in [-0.2, -0.15) is 0 Å². The van der Waals surface area contributed by atoms with Crippen molar-refractivity contribution >= 4 is 23.2 Å². The summed E-state index contributed by atoms with van der Waals surface area (Å²) in [5.74, 6) is 0.587. The maximum atomic E-state index is 12.6. The molecule has 0 radical (unpaired) electrons. The molecule has 132 valence electrons. The summed E-state index contributed by atoms with van der Waals surface area (Å²) >= 11 is 1.52. The Morgan fingerprint density at radius 2 is 2.24 bits per heavy atom. The first kappa shape index (κ1) is 17.4. The summed E-state index contributed by atoms with van der Waals surface area (Å²) in [6.45, 7) is 2.69. The van der Waals surface area contributed by atoms with Crippen LogP contribution < -0.4 is 10.1 Å². The first-order valence-corrected chi connectivity index (χ1v) is 9.06. The van der Waals surface area contributed by atoms with Crippen molar-refractivity contribution in [2.75, 3.05) is 7.11 Å². The molecule has 7 heteroatoms. The van der Waals surface area contributed by atoms with Gasteiger partial charge in [0.2, 0.25) is 11.8 Å². The van der Waals surface area contributed by atoms with E-state index in [0.29, 0.717) is 25.9 Å². The minimum atomic E-state index is -0.446. The number of thiazole rings is 1. The van der Waals surface area contributed by atoms with E-state index in [0.717, 1.165) is 22.0 Å². The molecule has 0 unspecified atom stereocenters. The lowest BCUT2D eigenvalue weighted by Crippen LogP contribution is -2.44. The number of hydrogen-bond donors (Lipinski definition) is 1. The molecule has 0 bridgehead atoms. The largest absolute Gasteiger partial charge is 0.496 e. The highest BCUT2D eigenvalue weighted by Crippen LogP contribution is 2.26. The van der Waals surface area contributed by atoms with Crippen molar-refractivity contribution < 1.29 is 14.3 Å². The lowest BCUT2D eigenvalue weighted by molar-refractivity contribution is -0.135. The van der Waals surface area contributed by atoms with Crippen molar-refractivity contribution in [3.8, 4) is 5.75 Å². The monoisotopic (exact) mass is 359 g/mol. The Kier molecular flexibility index (Phi) is 5.33. The van der Waals surface area contributed by atoms with Gasteiger partial charge in [0.15, 0.2) is 0 Å². The molecule has 1 atom stereocenters. The van der Waals surface area contributed by atoms with Crippen molar-refractivity contribution in [2.45, 2.75) is 38.9 Å². The van der Waals surface area contributed by atoms with E-state index in [1.54, 1.807) is 12.0 Å². The molecule has 1 aromatic carbocycles. The molecule has 0 aliphatic carbocycles. The van der Waals surface area contributed by atoms with E-state index in [4.69, 9.17) is 4.74 Å². The van der Waals surface area contributed by atoms with E-state index in [2.05, 4.69) is 10.3 Å². The number of aromatic nitrogens is 1. The fourth-order valence-electron chi connectivity index (χ4n) is 2.99. The number of likely N-dealkylation sites (tertiary alicyclic amines) is 1. The van der Waals surface area contributed by atoms with E-state index in [-0.39, 0.29) is 11.8 Å². The molecule has 2 heterocycles. The summed E-state index contributed by atoms with van der Waals surface area (Å²) in [5.41, 5.74) is 1.84. The quantitative estimate of drug-likeness (QED) is 0.859. The molecule has 25 heavy (non-hydrogen) atoms. The van der Waals surface area contributed by atoms with Gasteiger partial charge in [0.05, 0.1) is 20.2 Å². The Hall–Kier alpha value is -2.41. The second-order valence-corrected chi connectivity index (χ2v) is 6.93. The summed E-state index contributed by atoms with van der Waals surface area (Å²) in [5, 5.41) is 5.72. The number of carbonyl (C=O) groups is 2. The molecule has 1 saturated heterocycles. The number of nitrogens with zero attached hydrogens (tertiary/aromatic N) is 2. The van der Waals surface area contributed by atoms with Gasteiger partial charge in [-0.15, -0.1) is 11.3 Å². The molecule has 1 fully saturated rings. The number of amides is 2. The summed E-state index contributed by atoms with van der Waals surface area (Å²) < 4.78 is 5.35. The van der Waals surface area contributed by atoms with Gasteiger partial charge in [0, 0.05) is 23.1 Å². The molecule has 2 amide bonds. The van der Waals surface area contributed by atoms with Crippen LogP contribution in [0.4, 0.5) is 0 Å². The number of rotatable bonds is 6. The van der Waals surface area contributed by atoms with Crippen LogP contribution in [0.5, 0.6) is 5.75 Å². The lowest BCUT2D eigenvalue weighted by Gasteiger charge is -2.24. The lowest BCUT2D eigenvalue weighted by atomic mass is 10.1. The normalized spacial score (nSPS) is 17.0. The highest BCUT2D eigenvalue weighted by atomic mass is 32.1. The molecule has 0 saturated carbocycles. The number of nitrogens with one attached hydrogen (secondary N) is 1. The molecule has 2 aromatic rings. The Labute approximate surface area is 150 Å². The average Bonchev–Trinajstić information content (AvgIpc) is 3.19. The third-order valence-corrected chi connectivity index (χ3v) is 5.21. The predicted molar refractivity (Wildman–Crippen MR) is 95.3 cm³/mol. The smallest absolute Gasteiger partial charge is 0.243 e. The van der Waals surface area contributed by atoms with E-state index in [1.807, 2.05) is 36.6 Å². The second kappa shape index (κ2) is 7.65. The van der Waals surface area contributed by atoms with Crippen LogP contribution in [-0.2, 0) is 22.7 Å². The van der Waals surface area contributed by atoms with Gasteiger partial charge < -0.3 is 15.0 Å². The molecule has 1 aliphatic rings. The van der Waals surface area contributed by atoms with Crippen molar-refractivity contribution in [3.05, 3.63) is 45.9 Å². The SMILES string of the molecule is COc1ccccc1CN1C(=O)CC[C@@H]1C(=O)NCc1nc(C)cs1. The second-order valence-electron chi connectivity index (χ2n) is 5.99. The van der Waals surface area contributed by atoms with Crippen LogP contribution in [0.2, 0.25) is 0 Å². The number of benzene rings is 1. The van der Waals surface area contributed by atoms with Crippen LogP contribution in [0, 0.1) is 6.92 Å². The first-order valence-electron chi connectivity index (χ1n) is 8.18. The van der Waals surface area contributed by atoms with E-state index in [1.165, 1.54) is 11.3 Å². The Morgan fingerprint density at radius 3 is 2.96 bits per heavy atom. The topological polar surface area (TPSA) is 71.5 Å². The van der Waals surface area contributed by atoms with E-state index in [9.17, 15) is 9.59 Å².